The van der Waals surface area contributed by atoms with Crippen LogP contribution in [0.3, 0.4) is 0 Å². The maximum Gasteiger partial charge on any atom is 0.340 e. The Hall–Kier alpha value is -1.71. The van der Waals surface area contributed by atoms with Crippen molar-refractivity contribution >= 4 is 11.7 Å². The summed E-state index contributed by atoms with van der Waals surface area (Å²) in [5.41, 5.74) is 6.51. The number of nitrogen functional groups attached to an aromatic ring is 1. The van der Waals surface area contributed by atoms with Crippen molar-refractivity contribution in [1.82, 2.24) is 0 Å². The van der Waals surface area contributed by atoms with Gasteiger partial charge >= 0.3 is 5.97 Å². The molecule has 0 aliphatic rings. The molecule has 18 heavy (non-hydrogen) atoms. The van der Waals surface area contributed by atoms with Gasteiger partial charge < -0.3 is 15.2 Å². The number of carbonyl (C=O) groups is 1. The molecule has 0 saturated heterocycles. The average molecular weight is 251 g/mol. The van der Waals surface area contributed by atoms with E-state index in [4.69, 9.17) is 15.2 Å². The Morgan fingerprint density at radius 1 is 1.39 bits per heavy atom. The lowest BCUT2D eigenvalue weighted by Crippen LogP contribution is -2.10. The normalized spacial score (nSPS) is 10.4. The zero-order valence-electron chi connectivity index (χ0n) is 11.2. The summed E-state index contributed by atoms with van der Waals surface area (Å²) < 4.78 is 10.2. The SMILES string of the molecule is COc1cccc(C(=O)OCCCC(C)C)c1N. The fourth-order valence-electron chi connectivity index (χ4n) is 1.63. The van der Waals surface area contributed by atoms with Crippen LogP contribution in [-0.4, -0.2) is 19.7 Å². The van der Waals surface area contributed by atoms with Crippen LogP contribution in [0.25, 0.3) is 0 Å². The van der Waals surface area contributed by atoms with Gasteiger partial charge in [-0.3, -0.25) is 0 Å². The Kier molecular flexibility index (Phi) is 5.49. The van der Waals surface area contributed by atoms with E-state index in [-0.39, 0.29) is 0 Å². The van der Waals surface area contributed by atoms with E-state index in [0.717, 1.165) is 12.8 Å². The van der Waals surface area contributed by atoms with Crippen molar-refractivity contribution < 1.29 is 14.3 Å². The number of para-hydroxylation sites is 1. The molecule has 0 bridgehead atoms. The largest absolute Gasteiger partial charge is 0.495 e. The molecule has 1 rings (SSSR count). The Labute approximate surface area is 108 Å². The van der Waals surface area contributed by atoms with Crippen LogP contribution >= 0.6 is 0 Å². The molecule has 0 radical (unpaired) electrons. The van der Waals surface area contributed by atoms with Gasteiger partial charge in [0.05, 0.1) is 25.0 Å². The molecule has 100 valence electrons. The van der Waals surface area contributed by atoms with Crippen LogP contribution in [0.15, 0.2) is 18.2 Å². The first-order chi connectivity index (χ1) is 8.56. The monoisotopic (exact) mass is 251 g/mol. The van der Waals surface area contributed by atoms with Crippen molar-refractivity contribution in [2.45, 2.75) is 26.7 Å². The van der Waals surface area contributed by atoms with E-state index < -0.39 is 5.97 Å². The van der Waals surface area contributed by atoms with Crippen LogP contribution in [0.2, 0.25) is 0 Å². The summed E-state index contributed by atoms with van der Waals surface area (Å²) in [6.45, 7) is 4.71. The minimum absolute atomic E-state index is 0.328. The van der Waals surface area contributed by atoms with E-state index in [0.29, 0.717) is 29.5 Å². The van der Waals surface area contributed by atoms with E-state index in [1.54, 1.807) is 18.2 Å². The summed E-state index contributed by atoms with van der Waals surface area (Å²) in [7, 11) is 1.52. The molecule has 0 heterocycles. The molecule has 0 fully saturated rings. The average Bonchev–Trinajstić information content (AvgIpc) is 2.34. The minimum atomic E-state index is -0.393. The van der Waals surface area contributed by atoms with Crippen LogP contribution in [0, 0.1) is 5.92 Å². The fraction of sp³-hybridized carbons (Fsp3) is 0.500. The van der Waals surface area contributed by atoms with Crippen molar-refractivity contribution in [1.29, 1.82) is 0 Å². The number of hydrogen-bond donors (Lipinski definition) is 1. The van der Waals surface area contributed by atoms with E-state index in [2.05, 4.69) is 13.8 Å². The molecule has 4 heteroatoms. The van der Waals surface area contributed by atoms with Gasteiger partial charge in [0.15, 0.2) is 0 Å². The molecule has 1 aromatic carbocycles. The minimum Gasteiger partial charge on any atom is -0.495 e. The molecule has 0 aliphatic carbocycles. The molecule has 0 aromatic heterocycles. The fourth-order valence-corrected chi connectivity index (χ4v) is 1.63. The third kappa shape index (κ3) is 3.95. The van der Waals surface area contributed by atoms with Gasteiger partial charge in [0.2, 0.25) is 0 Å². The Bertz CT molecular complexity index is 402. The number of esters is 1. The molecule has 2 N–H and O–H groups in total. The van der Waals surface area contributed by atoms with E-state index in [1.165, 1.54) is 7.11 Å². The highest BCUT2D eigenvalue weighted by Crippen LogP contribution is 2.25. The molecule has 1 aromatic rings. The van der Waals surface area contributed by atoms with Crippen LogP contribution in [0.4, 0.5) is 5.69 Å². The molecule has 0 atom stereocenters. The Balaban J connectivity index is 2.56. The lowest BCUT2D eigenvalue weighted by molar-refractivity contribution is 0.0495. The zero-order valence-corrected chi connectivity index (χ0v) is 11.2. The van der Waals surface area contributed by atoms with Crippen molar-refractivity contribution in [2.75, 3.05) is 19.5 Å². The predicted octanol–water partition coefficient (Wildman–Crippen LogP) is 2.87. The summed E-state index contributed by atoms with van der Waals surface area (Å²) in [5.74, 6) is 0.715. The maximum absolute atomic E-state index is 11.8. The smallest absolute Gasteiger partial charge is 0.340 e. The number of nitrogens with two attached hydrogens (primary N) is 1. The third-order valence-corrected chi connectivity index (χ3v) is 2.66. The van der Waals surface area contributed by atoms with E-state index in [9.17, 15) is 4.79 Å². The lowest BCUT2D eigenvalue weighted by atomic mass is 10.1. The zero-order chi connectivity index (χ0) is 13.5. The van der Waals surface area contributed by atoms with Gasteiger partial charge in [-0.2, -0.15) is 0 Å². The van der Waals surface area contributed by atoms with Gasteiger partial charge in [-0.25, -0.2) is 4.79 Å². The standard InChI is InChI=1S/C14H21NO3/c1-10(2)6-5-9-18-14(16)11-7-4-8-12(17-3)13(11)15/h4,7-8,10H,5-6,9,15H2,1-3H3. The van der Waals surface area contributed by atoms with Gasteiger partial charge in [0.1, 0.15) is 5.75 Å². The first kappa shape index (κ1) is 14.4. The highest BCUT2D eigenvalue weighted by molar-refractivity contribution is 5.96. The molecular formula is C14H21NO3. The molecule has 0 amide bonds. The van der Waals surface area contributed by atoms with Crippen LogP contribution in [-0.2, 0) is 4.74 Å². The molecular weight excluding hydrogens is 230 g/mol. The summed E-state index contributed by atoms with van der Waals surface area (Å²) in [6.07, 6.45) is 1.91. The third-order valence-electron chi connectivity index (χ3n) is 2.66. The van der Waals surface area contributed by atoms with Crippen LogP contribution in [0.1, 0.15) is 37.0 Å². The second kappa shape index (κ2) is 6.89. The van der Waals surface area contributed by atoms with Crippen molar-refractivity contribution in [3.63, 3.8) is 0 Å². The lowest BCUT2D eigenvalue weighted by Gasteiger charge is -2.10. The number of benzene rings is 1. The predicted molar refractivity (Wildman–Crippen MR) is 71.8 cm³/mol. The molecule has 4 nitrogen and oxygen atoms in total. The van der Waals surface area contributed by atoms with E-state index >= 15 is 0 Å². The number of hydrogen-bond acceptors (Lipinski definition) is 4. The summed E-state index contributed by atoms with van der Waals surface area (Å²) in [4.78, 5) is 11.8. The number of anilines is 1. The topological polar surface area (TPSA) is 61.5 Å². The Morgan fingerprint density at radius 2 is 2.11 bits per heavy atom. The van der Waals surface area contributed by atoms with Crippen LogP contribution < -0.4 is 10.5 Å². The van der Waals surface area contributed by atoms with Crippen molar-refractivity contribution in [2.24, 2.45) is 5.92 Å². The Morgan fingerprint density at radius 3 is 2.72 bits per heavy atom. The number of ether oxygens (including phenoxy) is 2. The van der Waals surface area contributed by atoms with Gasteiger partial charge in [-0.05, 0) is 30.9 Å². The quantitative estimate of drug-likeness (QED) is 0.480. The van der Waals surface area contributed by atoms with Gasteiger partial charge in [0, 0.05) is 0 Å². The first-order valence-corrected chi connectivity index (χ1v) is 6.15. The van der Waals surface area contributed by atoms with E-state index in [1.807, 2.05) is 0 Å². The molecule has 0 spiro atoms. The van der Waals surface area contributed by atoms with Gasteiger partial charge in [-0.1, -0.05) is 19.9 Å². The maximum atomic E-state index is 11.8. The molecule has 0 saturated carbocycles. The summed E-state index contributed by atoms with van der Waals surface area (Å²) >= 11 is 0. The van der Waals surface area contributed by atoms with Crippen LogP contribution in [0.5, 0.6) is 5.75 Å². The second-order valence-corrected chi connectivity index (χ2v) is 4.59. The second-order valence-electron chi connectivity index (χ2n) is 4.59. The first-order valence-electron chi connectivity index (χ1n) is 6.15. The highest BCUT2D eigenvalue weighted by Gasteiger charge is 2.14. The highest BCUT2D eigenvalue weighted by atomic mass is 16.5. The summed E-state index contributed by atoms with van der Waals surface area (Å²) in [5, 5.41) is 0. The van der Waals surface area contributed by atoms with Gasteiger partial charge in [-0.15, -0.1) is 0 Å². The molecule has 0 aliphatic heterocycles. The van der Waals surface area contributed by atoms with Crippen molar-refractivity contribution in [3.8, 4) is 5.75 Å². The number of carbonyl (C=O) groups excluding carboxylic acids is 1. The van der Waals surface area contributed by atoms with Gasteiger partial charge in [0.25, 0.3) is 0 Å². The molecule has 0 unspecified atom stereocenters. The summed E-state index contributed by atoms with van der Waals surface area (Å²) in [6, 6.07) is 5.08. The van der Waals surface area contributed by atoms with Crippen molar-refractivity contribution in [3.05, 3.63) is 23.8 Å². The number of methoxy groups -OCH3 is 1. The number of rotatable bonds is 6.